The Morgan fingerprint density at radius 2 is 1.95 bits per heavy atom. The predicted octanol–water partition coefficient (Wildman–Crippen LogP) is 2.71. The number of carbonyl (C=O) groups is 2. The number of hydrogen-bond acceptors (Lipinski definition) is 4. The molecule has 0 radical (unpaired) electrons. The summed E-state index contributed by atoms with van der Waals surface area (Å²) in [6.07, 6.45) is 1.03. The lowest BCUT2D eigenvalue weighted by molar-refractivity contribution is -0.135. The zero-order chi connectivity index (χ0) is 14.0. The Morgan fingerprint density at radius 3 is 2.53 bits per heavy atom. The molecule has 5 heteroatoms. The van der Waals surface area contributed by atoms with Crippen molar-refractivity contribution in [3.05, 3.63) is 51.7 Å². The summed E-state index contributed by atoms with van der Waals surface area (Å²) >= 11 is 3.19. The normalized spacial score (nSPS) is 16.8. The number of hydrogen-bond donors (Lipinski definition) is 0. The summed E-state index contributed by atoms with van der Waals surface area (Å²) in [7, 11) is 1.24. The van der Waals surface area contributed by atoms with Crippen molar-refractivity contribution in [1.82, 2.24) is 0 Å². The van der Waals surface area contributed by atoms with Crippen LogP contribution >= 0.6 is 15.9 Å². The van der Waals surface area contributed by atoms with E-state index in [-0.39, 0.29) is 11.5 Å². The third kappa shape index (κ3) is 2.76. The number of aryl methyl sites for hydroxylation is 1. The van der Waals surface area contributed by atoms with E-state index in [1.807, 2.05) is 31.2 Å². The number of ketones is 1. The third-order valence-electron chi connectivity index (χ3n) is 2.60. The summed E-state index contributed by atoms with van der Waals surface area (Å²) in [4.78, 5) is 23.0. The van der Waals surface area contributed by atoms with Gasteiger partial charge in [-0.3, -0.25) is 4.79 Å². The Balaban J connectivity index is 2.33. The Labute approximate surface area is 118 Å². The van der Waals surface area contributed by atoms with Crippen molar-refractivity contribution in [3.63, 3.8) is 0 Å². The number of benzene rings is 1. The zero-order valence-electron chi connectivity index (χ0n) is 10.4. The second kappa shape index (κ2) is 5.40. The number of allylic oxidation sites excluding steroid dienone is 1. The van der Waals surface area contributed by atoms with Gasteiger partial charge in [0.25, 0.3) is 0 Å². The molecule has 0 aromatic heterocycles. The Morgan fingerprint density at radius 1 is 1.32 bits per heavy atom. The molecule has 0 fully saturated rings. The first kappa shape index (κ1) is 13.5. The Hall–Kier alpha value is -1.88. The number of Topliss-reactive ketones (excluding diaryl/α,β-unsaturated/α-hetero) is 1. The summed E-state index contributed by atoms with van der Waals surface area (Å²) in [5, 5.41) is 0. The minimum atomic E-state index is -0.631. The lowest BCUT2D eigenvalue weighted by atomic mass is 10.1. The summed E-state index contributed by atoms with van der Waals surface area (Å²) in [5.41, 5.74) is 1.87. The van der Waals surface area contributed by atoms with E-state index < -0.39 is 5.97 Å². The molecule has 1 aliphatic rings. The molecule has 0 N–H and O–H groups in total. The number of esters is 1. The van der Waals surface area contributed by atoms with Gasteiger partial charge in [0.1, 0.15) is 4.48 Å². The number of carbonyl (C=O) groups excluding carboxylic acids is 2. The maximum absolute atomic E-state index is 11.9. The summed E-state index contributed by atoms with van der Waals surface area (Å²) in [5.74, 6) is -0.649. The minimum Gasteiger partial charge on any atom is -0.466 e. The lowest BCUT2D eigenvalue weighted by Crippen LogP contribution is -2.02. The molecule has 1 aromatic carbocycles. The van der Waals surface area contributed by atoms with E-state index in [0.29, 0.717) is 10.2 Å². The highest BCUT2D eigenvalue weighted by Gasteiger charge is 2.30. The molecule has 98 valence electrons. The van der Waals surface area contributed by atoms with Crippen molar-refractivity contribution in [3.8, 4) is 0 Å². The van der Waals surface area contributed by atoms with Gasteiger partial charge in [0.2, 0.25) is 5.78 Å². The molecule has 0 saturated heterocycles. The van der Waals surface area contributed by atoms with Crippen LogP contribution in [-0.4, -0.2) is 18.9 Å². The molecule has 0 amide bonds. The number of halogens is 1. The molecule has 0 aliphatic carbocycles. The van der Waals surface area contributed by atoms with Gasteiger partial charge >= 0.3 is 5.97 Å². The molecule has 2 rings (SSSR count). The third-order valence-corrected chi connectivity index (χ3v) is 3.32. The SMILES string of the molecule is COC(=O)C=C1OC(c2ccc(C)cc2)=C(Br)C1=O. The van der Waals surface area contributed by atoms with Crippen LogP contribution < -0.4 is 0 Å². The highest BCUT2D eigenvalue weighted by molar-refractivity contribution is 9.12. The van der Waals surface area contributed by atoms with Gasteiger partial charge in [-0.25, -0.2) is 4.79 Å². The van der Waals surface area contributed by atoms with Gasteiger partial charge in [-0.15, -0.1) is 0 Å². The molecule has 19 heavy (non-hydrogen) atoms. The van der Waals surface area contributed by atoms with Crippen LogP contribution in [0, 0.1) is 6.92 Å². The fourth-order valence-electron chi connectivity index (χ4n) is 1.56. The highest BCUT2D eigenvalue weighted by atomic mass is 79.9. The molecule has 0 bridgehead atoms. The Kier molecular flexibility index (Phi) is 3.85. The molecule has 0 atom stereocenters. The van der Waals surface area contributed by atoms with E-state index in [9.17, 15) is 9.59 Å². The average molecular weight is 323 g/mol. The van der Waals surface area contributed by atoms with Crippen LogP contribution in [0.4, 0.5) is 0 Å². The van der Waals surface area contributed by atoms with Gasteiger partial charge < -0.3 is 9.47 Å². The predicted molar refractivity (Wildman–Crippen MR) is 73.2 cm³/mol. The molecule has 1 heterocycles. The van der Waals surface area contributed by atoms with Crippen LogP contribution in [0.5, 0.6) is 0 Å². The minimum absolute atomic E-state index is 0.0469. The number of methoxy groups -OCH3 is 1. The molecule has 0 unspecified atom stereocenters. The molecule has 4 nitrogen and oxygen atoms in total. The summed E-state index contributed by atoms with van der Waals surface area (Å²) < 4.78 is 10.2. The summed E-state index contributed by atoms with van der Waals surface area (Å²) in [6.45, 7) is 1.97. The smallest absolute Gasteiger partial charge is 0.334 e. The van der Waals surface area contributed by atoms with Crippen molar-refractivity contribution in [1.29, 1.82) is 0 Å². The van der Waals surface area contributed by atoms with Crippen molar-refractivity contribution < 1.29 is 19.1 Å². The molecular weight excluding hydrogens is 312 g/mol. The van der Waals surface area contributed by atoms with Crippen LogP contribution in [0.25, 0.3) is 5.76 Å². The van der Waals surface area contributed by atoms with Crippen LogP contribution in [0.1, 0.15) is 11.1 Å². The molecular formula is C14H11BrO4. The lowest BCUT2D eigenvalue weighted by Gasteiger charge is -2.04. The molecule has 1 aliphatic heterocycles. The van der Waals surface area contributed by atoms with Gasteiger partial charge in [0.15, 0.2) is 11.5 Å². The summed E-state index contributed by atoms with van der Waals surface area (Å²) in [6, 6.07) is 7.53. The zero-order valence-corrected chi connectivity index (χ0v) is 12.0. The van der Waals surface area contributed by atoms with Gasteiger partial charge in [0.05, 0.1) is 13.2 Å². The first-order valence-electron chi connectivity index (χ1n) is 5.52. The van der Waals surface area contributed by atoms with Gasteiger partial charge in [-0.1, -0.05) is 29.8 Å². The first-order chi connectivity index (χ1) is 9.02. The second-order valence-corrected chi connectivity index (χ2v) is 4.77. The van der Waals surface area contributed by atoms with Crippen LogP contribution in [-0.2, 0) is 19.1 Å². The van der Waals surface area contributed by atoms with Crippen LogP contribution in [0.2, 0.25) is 0 Å². The van der Waals surface area contributed by atoms with Gasteiger partial charge in [-0.2, -0.15) is 0 Å². The van der Waals surface area contributed by atoms with Crippen LogP contribution in [0.3, 0.4) is 0 Å². The van der Waals surface area contributed by atoms with E-state index in [2.05, 4.69) is 20.7 Å². The quantitative estimate of drug-likeness (QED) is 0.620. The average Bonchev–Trinajstić information content (AvgIpc) is 2.68. The topological polar surface area (TPSA) is 52.6 Å². The number of ether oxygens (including phenoxy) is 2. The standard InChI is InChI=1S/C14H11BrO4/c1-8-3-5-9(6-4-8)14-12(15)13(17)10(19-14)7-11(16)18-2/h3-7H,1-2H3. The van der Waals surface area contributed by atoms with Crippen LogP contribution in [0.15, 0.2) is 40.6 Å². The van der Waals surface area contributed by atoms with Gasteiger partial charge in [0, 0.05) is 5.56 Å². The Bertz CT molecular complexity index is 596. The molecule has 0 saturated carbocycles. The fourth-order valence-corrected chi connectivity index (χ4v) is 2.07. The van der Waals surface area contributed by atoms with E-state index in [4.69, 9.17) is 4.74 Å². The van der Waals surface area contributed by atoms with E-state index >= 15 is 0 Å². The largest absolute Gasteiger partial charge is 0.466 e. The monoisotopic (exact) mass is 322 g/mol. The first-order valence-corrected chi connectivity index (χ1v) is 6.31. The maximum atomic E-state index is 11.9. The van der Waals surface area contributed by atoms with Gasteiger partial charge in [-0.05, 0) is 22.9 Å². The van der Waals surface area contributed by atoms with Crippen molar-refractivity contribution in [2.45, 2.75) is 6.92 Å². The van der Waals surface area contributed by atoms with Crippen molar-refractivity contribution in [2.75, 3.05) is 7.11 Å². The van der Waals surface area contributed by atoms with E-state index in [0.717, 1.165) is 17.2 Å². The number of rotatable bonds is 2. The fraction of sp³-hybridized carbons (Fsp3) is 0.143. The van der Waals surface area contributed by atoms with E-state index in [1.165, 1.54) is 7.11 Å². The highest BCUT2D eigenvalue weighted by Crippen LogP contribution is 2.35. The van der Waals surface area contributed by atoms with Crippen molar-refractivity contribution in [2.24, 2.45) is 0 Å². The maximum Gasteiger partial charge on any atom is 0.334 e. The van der Waals surface area contributed by atoms with E-state index in [1.54, 1.807) is 0 Å². The molecule has 1 aromatic rings. The molecule has 0 spiro atoms. The van der Waals surface area contributed by atoms with Crippen molar-refractivity contribution >= 4 is 33.4 Å². The second-order valence-electron chi connectivity index (χ2n) is 3.97.